The van der Waals surface area contributed by atoms with E-state index in [4.69, 9.17) is 9.47 Å². The second-order valence-corrected chi connectivity index (χ2v) is 7.56. The molecule has 136 valence electrons. The van der Waals surface area contributed by atoms with Gasteiger partial charge in [-0.05, 0) is 32.8 Å². The van der Waals surface area contributed by atoms with Crippen molar-refractivity contribution in [1.29, 1.82) is 5.26 Å². The fraction of sp³-hybridized carbons (Fsp3) is 0.600. The maximum Gasteiger partial charge on any atom is 0.411 e. The normalized spacial score (nSPS) is 26.3. The number of hydrogen-bond acceptors (Lipinski definition) is 4. The Morgan fingerprint density at radius 1 is 1.28 bits per heavy atom. The molecule has 1 fully saturated rings. The average molecular weight is 344 g/mol. The van der Waals surface area contributed by atoms with Gasteiger partial charge in [-0.1, -0.05) is 44.2 Å². The minimum absolute atomic E-state index is 0.0610. The van der Waals surface area contributed by atoms with Crippen molar-refractivity contribution in [3.63, 3.8) is 0 Å². The number of benzene rings is 1. The van der Waals surface area contributed by atoms with Crippen molar-refractivity contribution in [3.05, 3.63) is 35.9 Å². The van der Waals surface area contributed by atoms with Crippen molar-refractivity contribution in [2.45, 2.75) is 71.4 Å². The molecule has 1 aromatic carbocycles. The average Bonchev–Trinajstić information content (AvgIpc) is 2.83. The largest absolute Gasteiger partial charge is 0.444 e. The Bertz CT molecular complexity index is 618. The predicted molar refractivity (Wildman–Crippen MR) is 95.7 cm³/mol. The minimum atomic E-state index is -0.640. The zero-order chi connectivity index (χ0) is 18.6. The molecule has 0 bridgehead atoms. The van der Waals surface area contributed by atoms with E-state index in [0.29, 0.717) is 6.61 Å². The van der Waals surface area contributed by atoms with Gasteiger partial charge in [0.2, 0.25) is 0 Å². The van der Waals surface area contributed by atoms with E-state index in [0.717, 1.165) is 12.0 Å². The molecule has 25 heavy (non-hydrogen) atoms. The predicted octanol–water partition coefficient (Wildman–Crippen LogP) is 4.13. The summed E-state index contributed by atoms with van der Waals surface area (Å²) < 4.78 is 11.6. The Morgan fingerprint density at radius 3 is 2.44 bits per heavy atom. The zero-order valence-corrected chi connectivity index (χ0v) is 15.7. The van der Waals surface area contributed by atoms with Gasteiger partial charge in [0.1, 0.15) is 11.6 Å². The van der Waals surface area contributed by atoms with Crippen LogP contribution in [0.25, 0.3) is 0 Å². The second kappa shape index (κ2) is 7.88. The summed E-state index contributed by atoms with van der Waals surface area (Å²) in [6, 6.07) is 11.4. The van der Waals surface area contributed by atoms with Gasteiger partial charge in [-0.15, -0.1) is 0 Å². The molecule has 0 spiro atoms. The summed E-state index contributed by atoms with van der Waals surface area (Å²) in [4.78, 5) is 14.2. The molecular weight excluding hydrogens is 316 g/mol. The number of hydrogen-bond donors (Lipinski definition) is 0. The summed E-state index contributed by atoms with van der Waals surface area (Å²) in [6.07, 6.45) is -0.0182. The molecule has 5 nitrogen and oxygen atoms in total. The third-order valence-corrected chi connectivity index (χ3v) is 4.53. The van der Waals surface area contributed by atoms with Crippen LogP contribution >= 0.6 is 0 Å². The van der Waals surface area contributed by atoms with Gasteiger partial charge in [-0.2, -0.15) is 5.26 Å². The number of likely N-dealkylation sites (tertiary alicyclic amines) is 1. The SMILES string of the molecule is CC[C@@H]1[C@H](C)[C@H](OCc2ccccc2)[C@@H](C#N)N1C(=O)OC(C)(C)C. The zero-order valence-electron chi connectivity index (χ0n) is 15.7. The van der Waals surface area contributed by atoms with E-state index in [1.807, 2.05) is 65.0 Å². The van der Waals surface area contributed by atoms with Crippen molar-refractivity contribution in [3.8, 4) is 6.07 Å². The Kier molecular flexibility index (Phi) is 6.07. The van der Waals surface area contributed by atoms with Gasteiger partial charge in [0.05, 0.1) is 18.8 Å². The highest BCUT2D eigenvalue weighted by molar-refractivity contribution is 5.70. The summed E-state index contributed by atoms with van der Waals surface area (Å²) in [6.45, 7) is 9.97. The van der Waals surface area contributed by atoms with E-state index in [1.54, 1.807) is 4.90 Å². The lowest BCUT2D eigenvalue weighted by atomic mass is 9.97. The molecule has 0 aliphatic carbocycles. The third kappa shape index (κ3) is 4.52. The molecule has 0 radical (unpaired) electrons. The van der Waals surface area contributed by atoms with Crippen LogP contribution in [0.3, 0.4) is 0 Å². The number of ether oxygens (including phenoxy) is 2. The minimum Gasteiger partial charge on any atom is -0.444 e. The van der Waals surface area contributed by atoms with Gasteiger partial charge >= 0.3 is 6.09 Å². The molecule has 1 amide bonds. The highest BCUT2D eigenvalue weighted by Gasteiger charge is 2.50. The van der Waals surface area contributed by atoms with Crippen LogP contribution in [0.2, 0.25) is 0 Å². The van der Waals surface area contributed by atoms with Crippen LogP contribution in [0.15, 0.2) is 30.3 Å². The highest BCUT2D eigenvalue weighted by Crippen LogP contribution is 2.35. The smallest absolute Gasteiger partial charge is 0.411 e. The van der Waals surface area contributed by atoms with Gasteiger partial charge in [-0.3, -0.25) is 4.90 Å². The number of nitriles is 1. The van der Waals surface area contributed by atoms with Crippen molar-refractivity contribution in [2.24, 2.45) is 5.92 Å². The number of nitrogens with zero attached hydrogens (tertiary/aromatic N) is 2. The molecule has 0 N–H and O–H groups in total. The fourth-order valence-electron chi connectivity index (χ4n) is 3.40. The summed E-state index contributed by atoms with van der Waals surface area (Å²) in [5, 5.41) is 9.70. The summed E-state index contributed by atoms with van der Waals surface area (Å²) in [7, 11) is 0. The van der Waals surface area contributed by atoms with Crippen LogP contribution in [-0.4, -0.2) is 34.8 Å². The van der Waals surface area contributed by atoms with E-state index < -0.39 is 17.7 Å². The Labute approximate surface area is 150 Å². The molecule has 1 saturated heterocycles. The quantitative estimate of drug-likeness (QED) is 0.824. The van der Waals surface area contributed by atoms with Crippen LogP contribution in [0.5, 0.6) is 0 Å². The highest BCUT2D eigenvalue weighted by atomic mass is 16.6. The first-order valence-electron chi connectivity index (χ1n) is 8.85. The lowest BCUT2D eigenvalue weighted by Crippen LogP contribution is -2.45. The van der Waals surface area contributed by atoms with Gasteiger partial charge < -0.3 is 9.47 Å². The number of carbonyl (C=O) groups is 1. The van der Waals surface area contributed by atoms with E-state index in [9.17, 15) is 10.1 Å². The first-order valence-corrected chi connectivity index (χ1v) is 8.85. The molecule has 1 aliphatic heterocycles. The van der Waals surface area contributed by atoms with Crippen molar-refractivity contribution >= 4 is 6.09 Å². The second-order valence-electron chi connectivity index (χ2n) is 7.56. The molecule has 0 unspecified atom stereocenters. The lowest BCUT2D eigenvalue weighted by Gasteiger charge is -2.30. The Balaban J connectivity index is 2.17. The van der Waals surface area contributed by atoms with E-state index in [1.165, 1.54) is 0 Å². The molecule has 0 saturated carbocycles. The number of rotatable bonds is 4. The van der Waals surface area contributed by atoms with Crippen molar-refractivity contribution < 1.29 is 14.3 Å². The molecule has 1 heterocycles. The number of carbonyl (C=O) groups excluding carboxylic acids is 1. The van der Waals surface area contributed by atoms with Crippen LogP contribution in [0.1, 0.15) is 46.6 Å². The summed E-state index contributed by atoms with van der Waals surface area (Å²) in [5.41, 5.74) is 0.455. The van der Waals surface area contributed by atoms with Crippen LogP contribution in [0, 0.1) is 17.2 Å². The van der Waals surface area contributed by atoms with Crippen molar-refractivity contribution in [1.82, 2.24) is 4.90 Å². The summed E-state index contributed by atoms with van der Waals surface area (Å²) in [5.74, 6) is 0.0610. The van der Waals surface area contributed by atoms with Crippen LogP contribution in [-0.2, 0) is 16.1 Å². The van der Waals surface area contributed by atoms with Gasteiger partial charge in [0.25, 0.3) is 0 Å². The van der Waals surface area contributed by atoms with Gasteiger partial charge in [-0.25, -0.2) is 4.79 Å². The van der Waals surface area contributed by atoms with Gasteiger partial charge in [0.15, 0.2) is 0 Å². The monoisotopic (exact) mass is 344 g/mol. The molecule has 1 aliphatic rings. The lowest BCUT2D eigenvalue weighted by molar-refractivity contribution is -0.000421. The summed E-state index contributed by atoms with van der Waals surface area (Å²) >= 11 is 0. The third-order valence-electron chi connectivity index (χ3n) is 4.53. The number of amides is 1. The maximum atomic E-state index is 12.7. The topological polar surface area (TPSA) is 62.6 Å². The molecule has 5 heteroatoms. The first-order chi connectivity index (χ1) is 11.8. The van der Waals surface area contributed by atoms with E-state index in [2.05, 4.69) is 6.07 Å². The molecule has 2 rings (SSSR count). The van der Waals surface area contributed by atoms with E-state index >= 15 is 0 Å². The van der Waals surface area contributed by atoms with E-state index in [-0.39, 0.29) is 18.1 Å². The standard InChI is InChI=1S/C20H28N2O3/c1-6-16-14(2)18(24-13-15-10-8-7-9-11-15)17(12-21)22(16)19(23)25-20(3,4)5/h7-11,14,16-18H,6,13H2,1-5H3/t14-,16+,17+,18-/m0/s1. The molecule has 0 aromatic heterocycles. The van der Waals surface area contributed by atoms with Crippen LogP contribution in [0.4, 0.5) is 4.79 Å². The van der Waals surface area contributed by atoms with Crippen LogP contribution < -0.4 is 0 Å². The van der Waals surface area contributed by atoms with Crippen molar-refractivity contribution in [2.75, 3.05) is 0 Å². The molecular formula is C20H28N2O3. The maximum absolute atomic E-state index is 12.7. The Hall–Kier alpha value is -2.06. The molecule has 4 atom stereocenters. The Morgan fingerprint density at radius 2 is 1.92 bits per heavy atom. The first kappa shape index (κ1) is 19.3. The molecule has 1 aromatic rings. The fourth-order valence-corrected chi connectivity index (χ4v) is 3.40. The van der Waals surface area contributed by atoms with Gasteiger partial charge in [0, 0.05) is 12.0 Å².